The van der Waals surface area contributed by atoms with Gasteiger partial charge < -0.3 is 10.4 Å². The summed E-state index contributed by atoms with van der Waals surface area (Å²) in [6, 6.07) is 5.85. The molecule has 0 spiro atoms. The van der Waals surface area contributed by atoms with Crippen molar-refractivity contribution in [2.45, 2.75) is 39.2 Å². The minimum atomic E-state index is -0.721. The van der Waals surface area contributed by atoms with Crippen LogP contribution in [-0.2, 0) is 0 Å². The molecule has 1 unspecified atom stereocenters. The van der Waals surface area contributed by atoms with Gasteiger partial charge in [-0.15, -0.1) is 5.10 Å². The molecule has 0 aliphatic heterocycles. The van der Waals surface area contributed by atoms with Crippen molar-refractivity contribution < 1.29 is 5.11 Å². The van der Waals surface area contributed by atoms with Gasteiger partial charge in [-0.3, -0.25) is 0 Å². The second-order valence-corrected chi connectivity index (χ2v) is 4.97. The van der Waals surface area contributed by atoms with E-state index >= 15 is 0 Å². The van der Waals surface area contributed by atoms with Crippen molar-refractivity contribution >= 4 is 11.6 Å². The van der Waals surface area contributed by atoms with Gasteiger partial charge in [-0.05, 0) is 32.4 Å². The Balaban J connectivity index is 2.11. The van der Waals surface area contributed by atoms with Crippen LogP contribution in [-0.4, -0.2) is 31.9 Å². The van der Waals surface area contributed by atoms with Gasteiger partial charge in [0.15, 0.2) is 5.65 Å². The Morgan fingerprint density at radius 1 is 1.44 bits per heavy atom. The molecule has 0 saturated heterocycles. The van der Waals surface area contributed by atoms with Gasteiger partial charge in [0.1, 0.15) is 0 Å². The van der Waals surface area contributed by atoms with E-state index in [2.05, 4.69) is 22.3 Å². The van der Waals surface area contributed by atoms with E-state index in [9.17, 15) is 5.11 Å². The summed E-state index contributed by atoms with van der Waals surface area (Å²) in [6.45, 7) is 6.32. The van der Waals surface area contributed by atoms with Crippen LogP contribution in [0.4, 0.5) is 5.95 Å². The molecule has 0 saturated carbocycles. The van der Waals surface area contributed by atoms with E-state index in [4.69, 9.17) is 0 Å². The van der Waals surface area contributed by atoms with Gasteiger partial charge in [-0.25, -0.2) is 4.52 Å². The Morgan fingerprint density at radius 3 is 2.89 bits per heavy atom. The molecule has 2 rings (SSSR count). The number of hydrogen-bond acceptors (Lipinski definition) is 4. The molecule has 0 amide bonds. The molecule has 0 aromatic carbocycles. The van der Waals surface area contributed by atoms with E-state index in [1.807, 2.05) is 32.0 Å². The Kier molecular flexibility index (Phi) is 3.52. The van der Waals surface area contributed by atoms with Crippen molar-refractivity contribution in [1.29, 1.82) is 0 Å². The maximum atomic E-state index is 10.1. The molecule has 5 heteroatoms. The summed E-state index contributed by atoms with van der Waals surface area (Å²) in [5.41, 5.74) is 1.13. The van der Waals surface area contributed by atoms with Crippen molar-refractivity contribution in [2.24, 2.45) is 0 Å². The second-order valence-electron chi connectivity index (χ2n) is 4.97. The molecular formula is C13H20N4O. The van der Waals surface area contributed by atoms with Crippen LogP contribution < -0.4 is 5.32 Å². The van der Waals surface area contributed by atoms with E-state index in [0.717, 1.165) is 24.2 Å². The number of nitrogens with one attached hydrogen (secondary N) is 1. The third-order valence-corrected chi connectivity index (χ3v) is 2.96. The minimum absolute atomic E-state index is 0.455. The zero-order valence-electron chi connectivity index (χ0n) is 11.1. The predicted octanol–water partition coefficient (Wildman–Crippen LogP) is 2.00. The topological polar surface area (TPSA) is 62.5 Å². The SMILES string of the molecule is CCCC(C)(O)CNc1nc2cccc(C)n2n1. The lowest BCUT2D eigenvalue weighted by Gasteiger charge is -2.22. The van der Waals surface area contributed by atoms with Crippen molar-refractivity contribution in [3.63, 3.8) is 0 Å². The molecule has 5 nitrogen and oxygen atoms in total. The van der Waals surface area contributed by atoms with E-state index in [-0.39, 0.29) is 0 Å². The van der Waals surface area contributed by atoms with Gasteiger partial charge in [0.25, 0.3) is 0 Å². The summed E-state index contributed by atoms with van der Waals surface area (Å²) in [5.74, 6) is 0.556. The number of aryl methyl sites for hydroxylation is 1. The van der Waals surface area contributed by atoms with Gasteiger partial charge in [0, 0.05) is 12.2 Å². The summed E-state index contributed by atoms with van der Waals surface area (Å²) in [5, 5.41) is 17.5. The quantitative estimate of drug-likeness (QED) is 0.849. The molecular weight excluding hydrogens is 228 g/mol. The van der Waals surface area contributed by atoms with Crippen molar-refractivity contribution in [3.8, 4) is 0 Å². The van der Waals surface area contributed by atoms with Crippen molar-refractivity contribution in [1.82, 2.24) is 14.6 Å². The standard InChI is InChI=1S/C13H20N4O/c1-4-8-13(3,18)9-14-12-15-11-7-5-6-10(2)17(11)16-12/h5-7,18H,4,8-9H2,1-3H3,(H,14,16). The number of hydrogen-bond donors (Lipinski definition) is 2. The van der Waals surface area contributed by atoms with Gasteiger partial charge in [-0.2, -0.15) is 4.98 Å². The normalized spacial score (nSPS) is 14.7. The van der Waals surface area contributed by atoms with Crippen LogP contribution in [0.3, 0.4) is 0 Å². The molecule has 2 aromatic rings. The fourth-order valence-electron chi connectivity index (χ4n) is 2.01. The first-order valence-corrected chi connectivity index (χ1v) is 6.30. The molecule has 0 fully saturated rings. The number of fused-ring (bicyclic) bond motifs is 1. The number of pyridine rings is 1. The highest BCUT2D eigenvalue weighted by Gasteiger charge is 2.19. The van der Waals surface area contributed by atoms with Crippen molar-refractivity contribution in [3.05, 3.63) is 23.9 Å². The van der Waals surface area contributed by atoms with E-state index in [1.54, 1.807) is 4.52 Å². The summed E-state index contributed by atoms with van der Waals surface area (Å²) < 4.78 is 1.79. The molecule has 2 N–H and O–H groups in total. The maximum absolute atomic E-state index is 10.1. The largest absolute Gasteiger partial charge is 0.388 e. The first kappa shape index (κ1) is 12.8. The van der Waals surface area contributed by atoms with Gasteiger partial charge in [0.2, 0.25) is 5.95 Å². The molecule has 0 aliphatic carbocycles. The molecule has 2 aromatic heterocycles. The summed E-state index contributed by atoms with van der Waals surface area (Å²) in [4.78, 5) is 4.37. The number of nitrogens with zero attached hydrogens (tertiary/aromatic N) is 3. The van der Waals surface area contributed by atoms with Crippen LogP contribution in [0, 0.1) is 6.92 Å². The highest BCUT2D eigenvalue weighted by Crippen LogP contribution is 2.13. The Bertz CT molecular complexity index is 533. The summed E-state index contributed by atoms with van der Waals surface area (Å²) in [7, 11) is 0. The summed E-state index contributed by atoms with van der Waals surface area (Å²) in [6.07, 6.45) is 1.71. The number of rotatable bonds is 5. The van der Waals surface area contributed by atoms with Crippen LogP contribution in [0.2, 0.25) is 0 Å². The lowest BCUT2D eigenvalue weighted by atomic mass is 10.0. The molecule has 98 valence electrons. The van der Waals surface area contributed by atoms with Gasteiger partial charge in [-0.1, -0.05) is 19.4 Å². The van der Waals surface area contributed by atoms with E-state index in [0.29, 0.717) is 12.5 Å². The first-order chi connectivity index (χ1) is 8.52. The zero-order chi connectivity index (χ0) is 13.2. The lowest BCUT2D eigenvalue weighted by molar-refractivity contribution is 0.0635. The number of aliphatic hydroxyl groups is 1. The number of aromatic nitrogens is 3. The molecule has 0 aliphatic rings. The third-order valence-electron chi connectivity index (χ3n) is 2.96. The average molecular weight is 248 g/mol. The van der Waals surface area contributed by atoms with Gasteiger partial charge in [0.05, 0.1) is 5.60 Å². The lowest BCUT2D eigenvalue weighted by Crippen LogP contribution is -2.33. The Morgan fingerprint density at radius 2 is 2.22 bits per heavy atom. The zero-order valence-corrected chi connectivity index (χ0v) is 11.1. The minimum Gasteiger partial charge on any atom is -0.388 e. The fourth-order valence-corrected chi connectivity index (χ4v) is 2.01. The smallest absolute Gasteiger partial charge is 0.243 e. The highest BCUT2D eigenvalue weighted by atomic mass is 16.3. The van der Waals surface area contributed by atoms with Crippen LogP contribution >= 0.6 is 0 Å². The second kappa shape index (κ2) is 4.94. The van der Waals surface area contributed by atoms with Crippen LogP contribution in [0.1, 0.15) is 32.4 Å². The van der Waals surface area contributed by atoms with Crippen molar-refractivity contribution in [2.75, 3.05) is 11.9 Å². The van der Waals surface area contributed by atoms with Gasteiger partial charge >= 0.3 is 0 Å². The monoisotopic (exact) mass is 248 g/mol. The molecule has 1 atom stereocenters. The van der Waals surface area contributed by atoms with Crippen LogP contribution in [0.5, 0.6) is 0 Å². The average Bonchev–Trinajstić information content (AvgIpc) is 2.71. The van der Waals surface area contributed by atoms with E-state index < -0.39 is 5.60 Å². The molecule has 2 heterocycles. The first-order valence-electron chi connectivity index (χ1n) is 6.30. The molecule has 0 radical (unpaired) electrons. The van der Waals surface area contributed by atoms with E-state index in [1.165, 1.54) is 0 Å². The summed E-state index contributed by atoms with van der Waals surface area (Å²) >= 11 is 0. The predicted molar refractivity (Wildman–Crippen MR) is 71.7 cm³/mol. The van der Waals surface area contributed by atoms with Crippen LogP contribution in [0.15, 0.2) is 18.2 Å². The third kappa shape index (κ3) is 2.79. The fraction of sp³-hybridized carbons (Fsp3) is 0.538. The molecule has 0 bridgehead atoms. The Hall–Kier alpha value is -1.62. The van der Waals surface area contributed by atoms with Crippen LogP contribution in [0.25, 0.3) is 5.65 Å². The molecule has 18 heavy (non-hydrogen) atoms. The maximum Gasteiger partial charge on any atom is 0.243 e. The Labute approximate surface area is 107 Å². The number of anilines is 1. The highest BCUT2D eigenvalue weighted by molar-refractivity contribution is 5.44.